The molecule has 1 fully saturated rings. The minimum absolute atomic E-state index is 0.0400. The van der Waals surface area contributed by atoms with Crippen molar-refractivity contribution in [1.29, 1.82) is 0 Å². The van der Waals surface area contributed by atoms with Crippen molar-refractivity contribution in [3.05, 3.63) is 0 Å². The van der Waals surface area contributed by atoms with Gasteiger partial charge in [0.1, 0.15) is 0 Å². The van der Waals surface area contributed by atoms with E-state index in [2.05, 4.69) is 0 Å². The van der Waals surface area contributed by atoms with E-state index < -0.39 is 20.6 Å². The van der Waals surface area contributed by atoms with E-state index >= 15 is 0 Å². The van der Waals surface area contributed by atoms with Crippen molar-refractivity contribution in [3.63, 3.8) is 0 Å². The van der Waals surface area contributed by atoms with Crippen LogP contribution < -0.4 is 5.73 Å². The second kappa shape index (κ2) is 3.13. The van der Waals surface area contributed by atoms with Gasteiger partial charge in [0.25, 0.3) is 9.84 Å². The molecule has 0 spiro atoms. The van der Waals surface area contributed by atoms with Crippen molar-refractivity contribution >= 4 is 9.84 Å². The Morgan fingerprint density at radius 1 is 1.31 bits per heavy atom. The first-order chi connectivity index (χ1) is 5.79. The quantitative estimate of drug-likeness (QED) is 0.739. The zero-order valence-corrected chi connectivity index (χ0v) is 7.53. The van der Waals surface area contributed by atoms with Gasteiger partial charge in [-0.15, -0.1) is 0 Å². The van der Waals surface area contributed by atoms with E-state index in [1.165, 1.54) is 0 Å². The summed E-state index contributed by atoms with van der Waals surface area (Å²) in [7, 11) is -4.94. The third kappa shape index (κ3) is 1.80. The fourth-order valence-electron chi connectivity index (χ4n) is 1.31. The Balaban J connectivity index is 2.66. The van der Waals surface area contributed by atoms with E-state index in [4.69, 9.17) is 5.73 Å². The van der Waals surface area contributed by atoms with E-state index in [-0.39, 0.29) is 25.3 Å². The lowest BCUT2D eigenvalue weighted by atomic mass is 9.85. The maximum atomic E-state index is 11.9. The molecule has 1 saturated carbocycles. The Hall–Kier alpha value is -0.300. The minimum Gasteiger partial charge on any atom is -0.330 e. The SMILES string of the molecule is NCC1CC(S(=O)(=O)C(F)(F)F)C1. The highest BCUT2D eigenvalue weighted by Gasteiger charge is 2.54. The number of hydrogen-bond donors (Lipinski definition) is 1. The van der Waals surface area contributed by atoms with Gasteiger partial charge in [-0.05, 0) is 25.3 Å². The molecule has 0 radical (unpaired) electrons. The monoisotopic (exact) mass is 217 g/mol. The molecule has 0 aliphatic heterocycles. The molecule has 2 N–H and O–H groups in total. The molecular formula is C6H10F3NO2S. The third-order valence-corrected chi connectivity index (χ3v) is 4.20. The van der Waals surface area contributed by atoms with E-state index in [0.717, 1.165) is 0 Å². The lowest BCUT2D eigenvalue weighted by Crippen LogP contribution is -2.44. The molecule has 1 aliphatic carbocycles. The van der Waals surface area contributed by atoms with Crippen LogP contribution in [0.25, 0.3) is 0 Å². The molecule has 7 heteroatoms. The van der Waals surface area contributed by atoms with Crippen LogP contribution in [0.3, 0.4) is 0 Å². The van der Waals surface area contributed by atoms with Crippen molar-refractivity contribution in [2.24, 2.45) is 11.7 Å². The van der Waals surface area contributed by atoms with Crippen LogP contribution in [0.4, 0.5) is 13.2 Å². The summed E-state index contributed by atoms with van der Waals surface area (Å²) in [6.07, 6.45) is 0.0800. The summed E-state index contributed by atoms with van der Waals surface area (Å²) in [5.41, 5.74) is 0.0584. The standard InChI is InChI=1S/C6H10F3NO2S/c7-6(8,9)13(11,12)5-1-4(2-5)3-10/h4-5H,1-3,10H2. The molecule has 0 unspecified atom stereocenters. The lowest BCUT2D eigenvalue weighted by Gasteiger charge is -2.34. The van der Waals surface area contributed by atoms with Crippen molar-refractivity contribution in [3.8, 4) is 0 Å². The smallest absolute Gasteiger partial charge is 0.330 e. The van der Waals surface area contributed by atoms with E-state index in [1.54, 1.807) is 0 Å². The Morgan fingerprint density at radius 3 is 2.08 bits per heavy atom. The highest BCUT2D eigenvalue weighted by Crippen LogP contribution is 2.39. The zero-order valence-electron chi connectivity index (χ0n) is 6.71. The van der Waals surface area contributed by atoms with E-state index in [1.807, 2.05) is 0 Å². The van der Waals surface area contributed by atoms with Crippen molar-refractivity contribution in [2.75, 3.05) is 6.54 Å². The molecule has 1 aliphatic rings. The van der Waals surface area contributed by atoms with Crippen LogP contribution in [0.1, 0.15) is 12.8 Å². The van der Waals surface area contributed by atoms with Crippen LogP contribution in [0.2, 0.25) is 0 Å². The summed E-state index contributed by atoms with van der Waals surface area (Å²) >= 11 is 0. The average Bonchev–Trinajstić information content (AvgIpc) is 1.81. The number of rotatable bonds is 2. The highest BCUT2D eigenvalue weighted by molar-refractivity contribution is 7.92. The van der Waals surface area contributed by atoms with Crippen LogP contribution in [0.5, 0.6) is 0 Å². The van der Waals surface area contributed by atoms with Crippen molar-refractivity contribution < 1.29 is 21.6 Å². The van der Waals surface area contributed by atoms with Gasteiger partial charge in [-0.2, -0.15) is 13.2 Å². The maximum Gasteiger partial charge on any atom is 0.497 e. The minimum atomic E-state index is -5.11. The molecule has 0 bridgehead atoms. The number of nitrogens with two attached hydrogens (primary N) is 1. The molecule has 0 aromatic rings. The van der Waals surface area contributed by atoms with E-state index in [0.29, 0.717) is 0 Å². The van der Waals surface area contributed by atoms with Crippen molar-refractivity contribution in [2.45, 2.75) is 23.6 Å². The fraction of sp³-hybridized carbons (Fsp3) is 1.00. The van der Waals surface area contributed by atoms with Crippen molar-refractivity contribution in [1.82, 2.24) is 0 Å². The predicted molar refractivity (Wildman–Crippen MR) is 40.5 cm³/mol. The Morgan fingerprint density at radius 2 is 1.77 bits per heavy atom. The number of hydrogen-bond acceptors (Lipinski definition) is 3. The summed E-state index contributed by atoms with van der Waals surface area (Å²) in [4.78, 5) is 0. The third-order valence-electron chi connectivity index (χ3n) is 2.29. The second-order valence-corrected chi connectivity index (χ2v) is 5.41. The topological polar surface area (TPSA) is 60.2 Å². The lowest BCUT2D eigenvalue weighted by molar-refractivity contribution is -0.0457. The fourth-order valence-corrected chi connectivity index (χ4v) is 2.74. The first kappa shape index (κ1) is 10.8. The Bertz CT molecular complexity index is 279. The van der Waals surface area contributed by atoms with Gasteiger partial charge in [0, 0.05) is 0 Å². The van der Waals surface area contributed by atoms with Gasteiger partial charge < -0.3 is 5.73 Å². The molecule has 3 nitrogen and oxygen atoms in total. The zero-order chi connectivity index (χ0) is 10.3. The highest BCUT2D eigenvalue weighted by atomic mass is 32.2. The largest absolute Gasteiger partial charge is 0.497 e. The first-order valence-corrected chi connectivity index (χ1v) is 5.34. The van der Waals surface area contributed by atoms with Gasteiger partial charge in [0.15, 0.2) is 0 Å². The van der Waals surface area contributed by atoms with Gasteiger partial charge in [-0.1, -0.05) is 0 Å². The Kier molecular flexibility index (Phi) is 2.59. The molecule has 13 heavy (non-hydrogen) atoms. The van der Waals surface area contributed by atoms with Crippen LogP contribution in [-0.4, -0.2) is 25.7 Å². The molecule has 0 aromatic carbocycles. The van der Waals surface area contributed by atoms with Crippen LogP contribution in [0, 0.1) is 5.92 Å². The molecule has 1 rings (SSSR count). The van der Waals surface area contributed by atoms with Crippen LogP contribution in [-0.2, 0) is 9.84 Å². The Labute approximate surface area is 74.0 Å². The molecular weight excluding hydrogens is 207 g/mol. The van der Waals surface area contributed by atoms with Gasteiger partial charge in [-0.25, -0.2) is 8.42 Å². The second-order valence-electron chi connectivity index (χ2n) is 3.19. The first-order valence-electron chi connectivity index (χ1n) is 3.79. The number of halogens is 3. The average molecular weight is 217 g/mol. The van der Waals surface area contributed by atoms with Gasteiger partial charge in [-0.3, -0.25) is 0 Å². The van der Waals surface area contributed by atoms with Crippen LogP contribution in [0.15, 0.2) is 0 Å². The molecule has 0 saturated heterocycles. The number of sulfone groups is 1. The molecule has 0 heterocycles. The van der Waals surface area contributed by atoms with Gasteiger partial charge in [0.05, 0.1) is 5.25 Å². The number of alkyl halides is 3. The molecule has 0 aromatic heterocycles. The maximum absolute atomic E-state index is 11.9. The molecule has 78 valence electrons. The van der Waals surface area contributed by atoms with Gasteiger partial charge in [0.2, 0.25) is 0 Å². The summed E-state index contributed by atoms with van der Waals surface area (Å²) in [5.74, 6) is -0.0675. The predicted octanol–water partition coefficient (Wildman–Crippen LogP) is 0.658. The van der Waals surface area contributed by atoms with Gasteiger partial charge >= 0.3 is 5.51 Å². The normalized spacial score (nSPS) is 29.8. The van der Waals surface area contributed by atoms with E-state index in [9.17, 15) is 21.6 Å². The molecule has 0 amide bonds. The summed E-state index contributed by atoms with van der Waals surface area (Å²) in [6, 6.07) is 0. The summed E-state index contributed by atoms with van der Waals surface area (Å²) < 4.78 is 57.2. The summed E-state index contributed by atoms with van der Waals surface area (Å²) in [5, 5.41) is -1.26. The summed E-state index contributed by atoms with van der Waals surface area (Å²) in [6.45, 7) is 0.254. The molecule has 0 atom stereocenters. The van der Waals surface area contributed by atoms with Crippen LogP contribution >= 0.6 is 0 Å².